The van der Waals surface area contributed by atoms with Gasteiger partial charge in [0.1, 0.15) is 0 Å². The number of carbonyl (C=O) groups excluding carboxylic acids is 1. The lowest BCUT2D eigenvalue weighted by atomic mass is 10.0. The molecule has 2 rings (SSSR count). The highest BCUT2D eigenvalue weighted by molar-refractivity contribution is 5.79. The van der Waals surface area contributed by atoms with Crippen molar-refractivity contribution in [2.75, 3.05) is 19.8 Å². The van der Waals surface area contributed by atoms with E-state index in [0.717, 1.165) is 0 Å². The van der Waals surface area contributed by atoms with E-state index in [9.17, 15) is 4.79 Å². The summed E-state index contributed by atoms with van der Waals surface area (Å²) in [5, 5.41) is 6.88. The summed E-state index contributed by atoms with van der Waals surface area (Å²) in [6.07, 6.45) is 3.57. The van der Waals surface area contributed by atoms with Gasteiger partial charge in [-0.1, -0.05) is 0 Å². The van der Waals surface area contributed by atoms with E-state index in [0.29, 0.717) is 26.3 Å². The molecule has 0 saturated carbocycles. The standard InChI is InChI=1S/C10H16N4O2/c11-9-7-16-6-8(9)10(15)12-3-5-14-4-1-2-13-14/h1-2,4,8-9H,3,5-7,11H2,(H,12,15). The zero-order chi connectivity index (χ0) is 11.4. The smallest absolute Gasteiger partial charge is 0.227 e. The van der Waals surface area contributed by atoms with E-state index in [-0.39, 0.29) is 17.9 Å². The summed E-state index contributed by atoms with van der Waals surface area (Å²) in [4.78, 5) is 11.7. The molecule has 1 aromatic heterocycles. The summed E-state index contributed by atoms with van der Waals surface area (Å²) in [5.74, 6) is -0.241. The number of nitrogens with zero attached hydrogens (tertiary/aromatic N) is 2. The minimum Gasteiger partial charge on any atom is -0.379 e. The van der Waals surface area contributed by atoms with Gasteiger partial charge in [0.25, 0.3) is 0 Å². The van der Waals surface area contributed by atoms with E-state index < -0.39 is 0 Å². The molecule has 0 bridgehead atoms. The van der Waals surface area contributed by atoms with Crippen LogP contribution in [0.25, 0.3) is 0 Å². The van der Waals surface area contributed by atoms with Crippen molar-refractivity contribution in [2.45, 2.75) is 12.6 Å². The molecule has 0 spiro atoms. The summed E-state index contributed by atoms with van der Waals surface area (Å²) in [7, 11) is 0. The number of hydrogen-bond acceptors (Lipinski definition) is 4. The molecular weight excluding hydrogens is 208 g/mol. The summed E-state index contributed by atoms with van der Waals surface area (Å²) < 4.78 is 6.91. The molecule has 1 amide bonds. The fraction of sp³-hybridized carbons (Fsp3) is 0.600. The van der Waals surface area contributed by atoms with Gasteiger partial charge in [-0.2, -0.15) is 5.10 Å². The molecule has 2 heterocycles. The van der Waals surface area contributed by atoms with E-state index in [4.69, 9.17) is 10.5 Å². The number of aromatic nitrogens is 2. The topological polar surface area (TPSA) is 82.2 Å². The van der Waals surface area contributed by atoms with E-state index in [1.807, 2.05) is 12.3 Å². The van der Waals surface area contributed by atoms with Crippen molar-refractivity contribution in [1.29, 1.82) is 0 Å². The van der Waals surface area contributed by atoms with Crippen LogP contribution in [0.4, 0.5) is 0 Å². The molecule has 6 heteroatoms. The molecule has 0 aromatic carbocycles. The molecule has 88 valence electrons. The maximum Gasteiger partial charge on any atom is 0.227 e. The lowest BCUT2D eigenvalue weighted by molar-refractivity contribution is -0.125. The van der Waals surface area contributed by atoms with Crippen molar-refractivity contribution in [3.63, 3.8) is 0 Å². The summed E-state index contributed by atoms with van der Waals surface area (Å²) in [6.45, 7) is 2.12. The van der Waals surface area contributed by atoms with E-state index in [1.54, 1.807) is 10.9 Å². The molecule has 1 aromatic rings. The highest BCUT2D eigenvalue weighted by Gasteiger charge is 2.30. The molecule has 2 atom stereocenters. The van der Waals surface area contributed by atoms with Crippen molar-refractivity contribution < 1.29 is 9.53 Å². The molecule has 2 unspecified atom stereocenters. The van der Waals surface area contributed by atoms with Gasteiger partial charge in [0, 0.05) is 25.0 Å². The third-order valence-electron chi connectivity index (χ3n) is 2.66. The molecule has 0 radical (unpaired) electrons. The van der Waals surface area contributed by atoms with Crippen LogP contribution in [0, 0.1) is 5.92 Å². The van der Waals surface area contributed by atoms with Crippen LogP contribution in [0.15, 0.2) is 18.5 Å². The molecule has 1 saturated heterocycles. The number of rotatable bonds is 4. The van der Waals surface area contributed by atoms with Crippen molar-refractivity contribution in [1.82, 2.24) is 15.1 Å². The predicted octanol–water partition coefficient (Wildman–Crippen LogP) is -1.03. The third kappa shape index (κ3) is 2.59. The minimum atomic E-state index is -0.211. The number of carbonyl (C=O) groups is 1. The van der Waals surface area contributed by atoms with Crippen LogP contribution >= 0.6 is 0 Å². The van der Waals surface area contributed by atoms with Gasteiger partial charge in [-0.05, 0) is 6.07 Å². The maximum atomic E-state index is 11.7. The zero-order valence-electron chi connectivity index (χ0n) is 9.00. The normalized spacial score (nSPS) is 24.6. The maximum absolute atomic E-state index is 11.7. The van der Waals surface area contributed by atoms with E-state index in [2.05, 4.69) is 10.4 Å². The van der Waals surface area contributed by atoms with Gasteiger partial charge in [0.15, 0.2) is 0 Å². The molecule has 16 heavy (non-hydrogen) atoms. The van der Waals surface area contributed by atoms with Gasteiger partial charge in [-0.15, -0.1) is 0 Å². The van der Waals surface area contributed by atoms with Gasteiger partial charge in [-0.3, -0.25) is 9.48 Å². The van der Waals surface area contributed by atoms with Gasteiger partial charge in [0.05, 0.1) is 25.7 Å². The number of hydrogen-bond donors (Lipinski definition) is 2. The zero-order valence-corrected chi connectivity index (χ0v) is 9.00. The van der Waals surface area contributed by atoms with Gasteiger partial charge < -0.3 is 15.8 Å². The molecule has 3 N–H and O–H groups in total. The van der Waals surface area contributed by atoms with Gasteiger partial charge in [0.2, 0.25) is 5.91 Å². The van der Waals surface area contributed by atoms with E-state index in [1.165, 1.54) is 0 Å². The Morgan fingerprint density at radius 2 is 2.50 bits per heavy atom. The van der Waals surface area contributed by atoms with Gasteiger partial charge in [-0.25, -0.2) is 0 Å². The Bertz CT molecular complexity index is 339. The second kappa shape index (κ2) is 5.09. The largest absolute Gasteiger partial charge is 0.379 e. The first kappa shape index (κ1) is 11.1. The Morgan fingerprint density at radius 1 is 1.62 bits per heavy atom. The Labute approximate surface area is 93.8 Å². The average Bonchev–Trinajstić information content (AvgIpc) is 2.88. The molecule has 1 aliphatic rings. The number of nitrogens with two attached hydrogens (primary N) is 1. The third-order valence-corrected chi connectivity index (χ3v) is 2.66. The average molecular weight is 224 g/mol. The van der Waals surface area contributed by atoms with E-state index >= 15 is 0 Å². The fourth-order valence-corrected chi connectivity index (χ4v) is 1.70. The Morgan fingerprint density at radius 3 is 3.12 bits per heavy atom. The van der Waals surface area contributed by atoms with Crippen LogP contribution in [-0.2, 0) is 16.1 Å². The quantitative estimate of drug-likeness (QED) is 0.685. The highest BCUT2D eigenvalue weighted by Crippen LogP contribution is 2.11. The molecule has 0 aliphatic carbocycles. The van der Waals surface area contributed by atoms with Crippen molar-refractivity contribution in [2.24, 2.45) is 11.7 Å². The molecule has 6 nitrogen and oxygen atoms in total. The molecule has 1 aliphatic heterocycles. The predicted molar refractivity (Wildman–Crippen MR) is 57.5 cm³/mol. The Kier molecular flexibility index (Phi) is 3.53. The van der Waals surface area contributed by atoms with Crippen LogP contribution < -0.4 is 11.1 Å². The Hall–Kier alpha value is -1.40. The van der Waals surface area contributed by atoms with Crippen molar-refractivity contribution in [3.05, 3.63) is 18.5 Å². The SMILES string of the molecule is NC1COCC1C(=O)NCCn1cccn1. The van der Waals surface area contributed by atoms with Crippen molar-refractivity contribution >= 4 is 5.91 Å². The number of ether oxygens (including phenoxy) is 1. The second-order valence-corrected chi connectivity index (χ2v) is 3.87. The number of nitrogens with one attached hydrogen (secondary N) is 1. The second-order valence-electron chi connectivity index (χ2n) is 3.87. The van der Waals surface area contributed by atoms with Crippen molar-refractivity contribution in [3.8, 4) is 0 Å². The highest BCUT2D eigenvalue weighted by atomic mass is 16.5. The van der Waals surface area contributed by atoms with Crippen LogP contribution in [0.3, 0.4) is 0 Å². The lowest BCUT2D eigenvalue weighted by Crippen LogP contribution is -2.41. The number of amides is 1. The summed E-state index contributed by atoms with van der Waals surface area (Å²) in [6, 6.07) is 1.67. The minimum absolute atomic E-state index is 0.0304. The van der Waals surface area contributed by atoms with Crippen LogP contribution in [0.5, 0.6) is 0 Å². The monoisotopic (exact) mass is 224 g/mol. The summed E-state index contributed by atoms with van der Waals surface area (Å²) >= 11 is 0. The first-order valence-electron chi connectivity index (χ1n) is 5.36. The van der Waals surface area contributed by atoms with Crippen LogP contribution in [0.2, 0.25) is 0 Å². The fourth-order valence-electron chi connectivity index (χ4n) is 1.70. The first-order chi connectivity index (χ1) is 7.77. The van der Waals surface area contributed by atoms with Crippen LogP contribution in [0.1, 0.15) is 0 Å². The summed E-state index contributed by atoms with van der Waals surface area (Å²) in [5.41, 5.74) is 5.74. The van der Waals surface area contributed by atoms with Gasteiger partial charge >= 0.3 is 0 Å². The first-order valence-corrected chi connectivity index (χ1v) is 5.36. The lowest BCUT2D eigenvalue weighted by Gasteiger charge is -2.13. The van der Waals surface area contributed by atoms with Crippen LogP contribution in [-0.4, -0.2) is 41.5 Å². The Balaban J connectivity index is 1.71. The molecule has 1 fully saturated rings. The molecular formula is C10H16N4O2.